The second-order valence-corrected chi connectivity index (χ2v) is 8.82. The Balaban J connectivity index is 2.07. The molecule has 1 N–H and O–H groups in total. The maximum Gasteiger partial charge on any atom is 0.311 e. The molecule has 0 aliphatic rings. The highest BCUT2D eigenvalue weighted by Gasteiger charge is 2.15. The molecule has 1 heterocycles. The number of rotatable bonds is 20. The Morgan fingerprint density at radius 2 is 1.38 bits per heavy atom. The van der Waals surface area contributed by atoms with Crippen LogP contribution in [0.5, 0.6) is 5.75 Å². The summed E-state index contributed by atoms with van der Waals surface area (Å²) in [6.07, 6.45) is 22.2. The molecule has 1 aromatic rings. The second-order valence-electron chi connectivity index (χ2n) is 8.82. The molecule has 0 radical (unpaired) electrons. The normalized spacial score (nSPS) is 10.8. The molecule has 1 rings (SSSR count). The third-order valence-corrected chi connectivity index (χ3v) is 5.96. The van der Waals surface area contributed by atoms with Crippen LogP contribution in [0.25, 0.3) is 0 Å². The number of aromatic nitrogens is 1. The van der Waals surface area contributed by atoms with Crippen molar-refractivity contribution in [1.29, 1.82) is 0 Å². The number of aldehydes is 1. The van der Waals surface area contributed by atoms with Crippen LogP contribution in [0.1, 0.15) is 133 Å². The molecule has 0 aliphatic heterocycles. The van der Waals surface area contributed by atoms with Gasteiger partial charge in [0.2, 0.25) is 0 Å². The van der Waals surface area contributed by atoms with E-state index in [1.54, 1.807) is 6.92 Å². The average Bonchev–Trinajstić information content (AvgIpc) is 2.78. The molecule has 0 aliphatic carbocycles. The summed E-state index contributed by atoms with van der Waals surface area (Å²) in [5, 5.41) is 3.12. The summed E-state index contributed by atoms with van der Waals surface area (Å²) in [4.78, 5) is 27.8. The number of hydrogen-bond acceptors (Lipinski definition) is 5. The predicted octanol–water partition coefficient (Wildman–Crippen LogP) is 7.80. The summed E-state index contributed by atoms with van der Waals surface area (Å²) < 4.78 is 5.49. The van der Waals surface area contributed by atoms with Crippen LogP contribution in [-0.2, 0) is 4.79 Å². The van der Waals surface area contributed by atoms with Crippen molar-refractivity contribution in [3.63, 3.8) is 0 Å². The number of hydrogen-bond donors (Lipinski definition) is 1. The minimum atomic E-state index is -0.263. The van der Waals surface area contributed by atoms with Crippen molar-refractivity contribution in [2.45, 2.75) is 124 Å². The molecule has 5 nitrogen and oxygen atoms in total. The second kappa shape index (κ2) is 18.6. The third kappa shape index (κ3) is 12.2. The molecule has 0 amide bonds. The number of unbranched alkanes of at least 4 members (excludes halogenated alkanes) is 14. The number of nitrogens with zero attached hydrogens (tertiary/aromatic N) is 1. The average molecular weight is 447 g/mol. The molecular formula is C27H46N2O3. The van der Waals surface area contributed by atoms with E-state index >= 15 is 0 Å². The van der Waals surface area contributed by atoms with Gasteiger partial charge in [0.25, 0.3) is 0 Å². The monoisotopic (exact) mass is 446 g/mol. The predicted molar refractivity (Wildman–Crippen MR) is 134 cm³/mol. The van der Waals surface area contributed by atoms with Crippen LogP contribution in [0.3, 0.4) is 0 Å². The summed E-state index contributed by atoms with van der Waals surface area (Å²) in [6.45, 7) is 6.61. The van der Waals surface area contributed by atoms with Gasteiger partial charge in [0.1, 0.15) is 0 Å². The number of aryl methyl sites for hydroxylation is 1. The molecule has 0 saturated heterocycles. The van der Waals surface area contributed by atoms with E-state index in [1.807, 2.05) is 6.92 Å². The Morgan fingerprint density at radius 3 is 1.84 bits per heavy atom. The van der Waals surface area contributed by atoms with Crippen LogP contribution in [0, 0.1) is 6.92 Å². The van der Waals surface area contributed by atoms with Crippen molar-refractivity contribution in [1.82, 2.24) is 4.98 Å². The molecule has 0 bridgehead atoms. The number of esters is 1. The first kappa shape index (κ1) is 28.1. The lowest BCUT2D eigenvalue weighted by Crippen LogP contribution is -2.12. The van der Waals surface area contributed by atoms with Crippen molar-refractivity contribution in [3.05, 3.63) is 17.5 Å². The number of carbonyl (C=O) groups is 2. The molecule has 5 heteroatoms. The number of ether oxygens (including phenoxy) is 1. The maximum atomic E-state index is 12.2. The van der Waals surface area contributed by atoms with E-state index in [4.69, 9.17) is 4.74 Å². The fourth-order valence-corrected chi connectivity index (χ4v) is 4.00. The van der Waals surface area contributed by atoms with E-state index in [-0.39, 0.29) is 5.97 Å². The molecule has 0 unspecified atom stereocenters. The molecule has 0 atom stereocenters. The van der Waals surface area contributed by atoms with E-state index in [2.05, 4.69) is 17.2 Å². The van der Waals surface area contributed by atoms with Crippen LogP contribution in [0.4, 0.5) is 5.69 Å². The number of anilines is 1. The molecular weight excluding hydrogens is 400 g/mol. The minimum Gasteiger partial charge on any atom is -0.423 e. The third-order valence-electron chi connectivity index (χ3n) is 5.96. The zero-order valence-electron chi connectivity index (χ0n) is 20.8. The Hall–Kier alpha value is -1.91. The highest BCUT2D eigenvalue weighted by atomic mass is 16.5. The van der Waals surface area contributed by atoms with Gasteiger partial charge in [-0.25, -0.2) is 0 Å². The lowest BCUT2D eigenvalue weighted by atomic mass is 10.0. The quantitative estimate of drug-likeness (QED) is 0.126. The summed E-state index contributed by atoms with van der Waals surface area (Å²) in [5.74, 6) is 0.0758. The van der Waals surface area contributed by atoms with Crippen LogP contribution < -0.4 is 10.1 Å². The van der Waals surface area contributed by atoms with Gasteiger partial charge in [0, 0.05) is 13.0 Å². The van der Waals surface area contributed by atoms with Crippen LogP contribution >= 0.6 is 0 Å². The van der Waals surface area contributed by atoms with E-state index in [0.29, 0.717) is 35.7 Å². The van der Waals surface area contributed by atoms with Crippen LogP contribution in [0.15, 0.2) is 6.20 Å². The SMILES string of the molecule is CCCCCCCCCCCCCCCCCC(=O)Oc1cnc(C)c(C=O)c1NCC. The van der Waals surface area contributed by atoms with Gasteiger partial charge in [-0.05, 0) is 20.3 Å². The Labute approximate surface area is 196 Å². The molecule has 0 fully saturated rings. The minimum absolute atomic E-state index is 0.263. The van der Waals surface area contributed by atoms with Gasteiger partial charge in [-0.15, -0.1) is 0 Å². The number of pyridine rings is 1. The Morgan fingerprint density at radius 1 is 0.875 bits per heavy atom. The van der Waals surface area contributed by atoms with E-state index in [1.165, 1.54) is 89.7 Å². The summed E-state index contributed by atoms with van der Waals surface area (Å²) in [7, 11) is 0. The lowest BCUT2D eigenvalue weighted by Gasteiger charge is -2.14. The fraction of sp³-hybridized carbons (Fsp3) is 0.741. The number of nitrogens with one attached hydrogen (secondary N) is 1. The first-order valence-electron chi connectivity index (χ1n) is 13.0. The van der Waals surface area contributed by atoms with Crippen molar-refractivity contribution < 1.29 is 14.3 Å². The Bertz CT molecular complexity index is 646. The van der Waals surface area contributed by atoms with Crippen molar-refractivity contribution in [2.75, 3.05) is 11.9 Å². The van der Waals surface area contributed by atoms with Crippen LogP contribution in [0.2, 0.25) is 0 Å². The van der Waals surface area contributed by atoms with E-state index in [0.717, 1.165) is 19.1 Å². The number of carbonyl (C=O) groups excluding carboxylic acids is 2. The first-order valence-corrected chi connectivity index (χ1v) is 13.0. The maximum absolute atomic E-state index is 12.2. The lowest BCUT2D eigenvalue weighted by molar-refractivity contribution is -0.134. The zero-order chi connectivity index (χ0) is 23.4. The van der Waals surface area contributed by atoms with Gasteiger partial charge in [0.05, 0.1) is 23.1 Å². The van der Waals surface area contributed by atoms with Gasteiger partial charge < -0.3 is 10.1 Å². The zero-order valence-corrected chi connectivity index (χ0v) is 20.8. The Kier molecular flexibility index (Phi) is 16.4. The van der Waals surface area contributed by atoms with Crippen molar-refractivity contribution in [3.8, 4) is 5.75 Å². The molecule has 1 aromatic heterocycles. The van der Waals surface area contributed by atoms with E-state index in [9.17, 15) is 9.59 Å². The topological polar surface area (TPSA) is 68.3 Å². The smallest absolute Gasteiger partial charge is 0.311 e. The highest BCUT2D eigenvalue weighted by molar-refractivity contribution is 5.89. The standard InChI is InChI=1S/C27H46N2O3/c1-4-6-7-8-9-10-11-12-13-14-15-16-17-18-19-20-26(31)32-25-21-29-23(3)24(22-30)27(25)28-5-2/h21-22H,4-20H2,1-3H3,(H,28,29). The molecule has 0 spiro atoms. The van der Waals surface area contributed by atoms with Crippen LogP contribution in [-0.4, -0.2) is 23.8 Å². The van der Waals surface area contributed by atoms with Gasteiger partial charge in [0.15, 0.2) is 12.0 Å². The molecule has 0 saturated carbocycles. The molecule has 182 valence electrons. The van der Waals surface area contributed by atoms with Gasteiger partial charge in [-0.2, -0.15) is 0 Å². The molecule has 32 heavy (non-hydrogen) atoms. The summed E-state index contributed by atoms with van der Waals surface area (Å²) >= 11 is 0. The highest BCUT2D eigenvalue weighted by Crippen LogP contribution is 2.29. The first-order chi connectivity index (χ1) is 15.6. The van der Waals surface area contributed by atoms with Crippen molar-refractivity contribution >= 4 is 17.9 Å². The van der Waals surface area contributed by atoms with E-state index < -0.39 is 0 Å². The fourth-order valence-electron chi connectivity index (χ4n) is 4.00. The molecule has 0 aromatic carbocycles. The van der Waals surface area contributed by atoms with Gasteiger partial charge in [-0.1, -0.05) is 96.8 Å². The summed E-state index contributed by atoms with van der Waals surface area (Å²) in [6, 6.07) is 0. The van der Waals surface area contributed by atoms with Gasteiger partial charge >= 0.3 is 5.97 Å². The van der Waals surface area contributed by atoms with Crippen molar-refractivity contribution in [2.24, 2.45) is 0 Å². The summed E-state index contributed by atoms with van der Waals surface area (Å²) in [5.41, 5.74) is 1.63. The van der Waals surface area contributed by atoms with Gasteiger partial charge in [-0.3, -0.25) is 14.6 Å². The largest absolute Gasteiger partial charge is 0.423 e.